The van der Waals surface area contributed by atoms with E-state index in [1.54, 1.807) is 30.3 Å². The molecule has 0 fully saturated rings. The zero-order valence-corrected chi connectivity index (χ0v) is 20.2. The van der Waals surface area contributed by atoms with E-state index in [1.807, 2.05) is 18.2 Å². The number of benzene rings is 3. The second-order valence-electron chi connectivity index (χ2n) is 7.97. The molecule has 3 N–H and O–H groups in total. The van der Waals surface area contributed by atoms with Crippen molar-refractivity contribution >= 4 is 48.0 Å². The van der Waals surface area contributed by atoms with Gasteiger partial charge in [0, 0.05) is 17.3 Å². The van der Waals surface area contributed by atoms with Crippen LogP contribution < -0.4 is 9.44 Å². The summed E-state index contributed by atoms with van der Waals surface area (Å²) in [5, 5.41) is 10.9. The fourth-order valence-electron chi connectivity index (χ4n) is 3.72. The molecular formula is C24H24N2O7S2. The fraction of sp³-hybridized carbons (Fsp3) is 0.208. The summed E-state index contributed by atoms with van der Waals surface area (Å²) < 4.78 is 60.7. The first-order valence-electron chi connectivity index (χ1n) is 10.9. The van der Waals surface area contributed by atoms with Crippen LogP contribution in [0.25, 0.3) is 21.9 Å². The molecule has 0 saturated heterocycles. The monoisotopic (exact) mass is 516 g/mol. The van der Waals surface area contributed by atoms with E-state index in [4.69, 9.17) is 4.42 Å². The normalized spacial score (nSPS) is 13.3. The lowest BCUT2D eigenvalue weighted by atomic mass is 10.1. The van der Waals surface area contributed by atoms with Crippen molar-refractivity contribution in [2.45, 2.75) is 35.1 Å². The van der Waals surface area contributed by atoms with E-state index in [9.17, 15) is 26.7 Å². The lowest BCUT2D eigenvalue weighted by molar-refractivity contribution is -0.139. The van der Waals surface area contributed by atoms with Gasteiger partial charge in [-0.05, 0) is 55.7 Å². The number of furan rings is 1. The lowest BCUT2D eigenvalue weighted by Gasteiger charge is -2.15. The van der Waals surface area contributed by atoms with Crippen LogP contribution in [0.15, 0.2) is 87.0 Å². The quantitative estimate of drug-likeness (QED) is 0.259. The summed E-state index contributed by atoms with van der Waals surface area (Å²) >= 11 is 0. The summed E-state index contributed by atoms with van der Waals surface area (Å²) in [6.07, 6.45) is 0.630. The molecule has 0 amide bonds. The Hall–Kier alpha value is -3.25. The highest BCUT2D eigenvalue weighted by Gasteiger charge is 2.26. The number of carboxylic acids is 1. The van der Waals surface area contributed by atoms with Crippen molar-refractivity contribution in [2.75, 3.05) is 6.54 Å². The minimum absolute atomic E-state index is 0.00148. The average molecular weight is 517 g/mol. The molecule has 35 heavy (non-hydrogen) atoms. The SMILES string of the molecule is O=C(O)C(CCCCNS(=O)(=O)c1ccccc1)NS(=O)(=O)c1ccc2oc3ccccc3c2c1. The van der Waals surface area contributed by atoms with Crippen LogP contribution in [0.4, 0.5) is 0 Å². The number of para-hydroxylation sites is 1. The maximum absolute atomic E-state index is 12.9. The number of aliphatic carboxylic acids is 1. The van der Waals surface area contributed by atoms with Crippen LogP contribution in [0.1, 0.15) is 19.3 Å². The number of fused-ring (bicyclic) bond motifs is 3. The van der Waals surface area contributed by atoms with E-state index in [2.05, 4.69) is 9.44 Å². The molecule has 9 nitrogen and oxygen atoms in total. The van der Waals surface area contributed by atoms with Crippen LogP contribution >= 0.6 is 0 Å². The van der Waals surface area contributed by atoms with Gasteiger partial charge in [-0.25, -0.2) is 21.6 Å². The highest BCUT2D eigenvalue weighted by atomic mass is 32.2. The van der Waals surface area contributed by atoms with E-state index >= 15 is 0 Å². The third-order valence-electron chi connectivity index (χ3n) is 5.52. The van der Waals surface area contributed by atoms with Crippen molar-refractivity contribution < 1.29 is 31.2 Å². The first kappa shape index (κ1) is 24.9. The largest absolute Gasteiger partial charge is 0.480 e. The van der Waals surface area contributed by atoms with E-state index < -0.39 is 32.1 Å². The van der Waals surface area contributed by atoms with Crippen LogP contribution in [0.5, 0.6) is 0 Å². The summed E-state index contributed by atoms with van der Waals surface area (Å²) in [6.45, 7) is 0.0978. The molecule has 1 aromatic heterocycles. The van der Waals surface area contributed by atoms with Gasteiger partial charge in [-0.3, -0.25) is 4.79 Å². The molecule has 0 radical (unpaired) electrons. The van der Waals surface area contributed by atoms with Crippen molar-refractivity contribution in [1.82, 2.24) is 9.44 Å². The molecule has 4 rings (SSSR count). The molecule has 1 heterocycles. The van der Waals surface area contributed by atoms with Crippen LogP contribution in [0.3, 0.4) is 0 Å². The van der Waals surface area contributed by atoms with E-state index in [0.29, 0.717) is 29.4 Å². The number of unbranched alkanes of at least 4 members (excludes halogenated alkanes) is 1. The minimum Gasteiger partial charge on any atom is -0.480 e. The van der Waals surface area contributed by atoms with Crippen molar-refractivity contribution in [3.8, 4) is 0 Å². The standard InChI is InChI=1S/C24H24N2O7S2/c27-24(28)21(11-6-7-15-25-34(29,30)17-8-2-1-3-9-17)26-35(31,32)18-13-14-23-20(16-18)19-10-4-5-12-22(19)33-23/h1-5,8-10,12-14,16,21,25-26H,6-7,11,15H2,(H,27,28). The molecule has 3 aromatic carbocycles. The lowest BCUT2D eigenvalue weighted by Crippen LogP contribution is -2.40. The molecule has 1 atom stereocenters. The smallest absolute Gasteiger partial charge is 0.321 e. The van der Waals surface area contributed by atoms with Crippen LogP contribution in [0.2, 0.25) is 0 Å². The Balaban J connectivity index is 1.39. The van der Waals surface area contributed by atoms with Crippen molar-refractivity contribution in [2.24, 2.45) is 0 Å². The zero-order valence-electron chi connectivity index (χ0n) is 18.5. The Morgan fingerprint density at radius 1 is 0.800 bits per heavy atom. The van der Waals surface area contributed by atoms with Crippen LogP contribution in [-0.2, 0) is 24.8 Å². The van der Waals surface area contributed by atoms with Gasteiger partial charge >= 0.3 is 5.97 Å². The van der Waals surface area contributed by atoms with Gasteiger partial charge in [0.25, 0.3) is 0 Å². The predicted molar refractivity (Wildman–Crippen MR) is 131 cm³/mol. The summed E-state index contributed by atoms with van der Waals surface area (Å²) in [4.78, 5) is 11.8. The molecular weight excluding hydrogens is 492 g/mol. The molecule has 184 valence electrons. The van der Waals surface area contributed by atoms with E-state index in [0.717, 1.165) is 5.39 Å². The Morgan fingerprint density at radius 3 is 2.23 bits per heavy atom. The average Bonchev–Trinajstić information content (AvgIpc) is 3.21. The Kier molecular flexibility index (Phi) is 7.22. The number of nitrogens with one attached hydrogen (secondary N) is 2. The fourth-order valence-corrected chi connectivity index (χ4v) is 6.07. The van der Waals surface area contributed by atoms with E-state index in [-0.39, 0.29) is 22.8 Å². The Bertz CT molecular complexity index is 1560. The molecule has 1 unspecified atom stereocenters. The van der Waals surface area contributed by atoms with Crippen LogP contribution in [0, 0.1) is 0 Å². The Labute approximate surface area is 202 Å². The summed E-state index contributed by atoms with van der Waals surface area (Å²) in [5.41, 5.74) is 1.15. The molecule has 0 aliphatic carbocycles. The topological polar surface area (TPSA) is 143 Å². The number of carbonyl (C=O) groups is 1. The van der Waals surface area contributed by atoms with Gasteiger partial charge in [-0.15, -0.1) is 0 Å². The molecule has 0 saturated carbocycles. The first-order chi connectivity index (χ1) is 16.7. The third-order valence-corrected chi connectivity index (χ3v) is 8.47. The van der Waals surface area contributed by atoms with Gasteiger partial charge < -0.3 is 9.52 Å². The molecule has 11 heteroatoms. The highest BCUT2D eigenvalue weighted by molar-refractivity contribution is 7.89. The van der Waals surface area contributed by atoms with Gasteiger partial charge in [0.05, 0.1) is 9.79 Å². The minimum atomic E-state index is -4.13. The van der Waals surface area contributed by atoms with Gasteiger partial charge in [-0.1, -0.05) is 36.4 Å². The maximum atomic E-state index is 12.9. The first-order valence-corrected chi connectivity index (χ1v) is 13.9. The summed E-state index contributed by atoms with van der Waals surface area (Å²) in [6, 6.07) is 18.1. The summed E-state index contributed by atoms with van der Waals surface area (Å²) in [7, 11) is -7.79. The van der Waals surface area contributed by atoms with Crippen molar-refractivity contribution in [3.05, 3.63) is 72.8 Å². The maximum Gasteiger partial charge on any atom is 0.321 e. The highest BCUT2D eigenvalue weighted by Crippen LogP contribution is 2.30. The van der Waals surface area contributed by atoms with E-state index in [1.165, 1.54) is 24.3 Å². The number of carboxylic acid groups (broad SMARTS) is 1. The molecule has 0 aliphatic rings. The third kappa shape index (κ3) is 5.70. The molecule has 0 bridgehead atoms. The van der Waals surface area contributed by atoms with Gasteiger partial charge in [0.15, 0.2) is 0 Å². The second-order valence-corrected chi connectivity index (χ2v) is 11.5. The van der Waals surface area contributed by atoms with Gasteiger partial charge in [-0.2, -0.15) is 4.72 Å². The number of sulfonamides is 2. The molecule has 0 aliphatic heterocycles. The molecule has 0 spiro atoms. The summed E-state index contributed by atoms with van der Waals surface area (Å²) in [5.74, 6) is -1.31. The number of hydrogen-bond acceptors (Lipinski definition) is 6. The molecule has 4 aromatic rings. The second kappa shape index (κ2) is 10.2. The number of hydrogen-bond donors (Lipinski definition) is 3. The van der Waals surface area contributed by atoms with Crippen molar-refractivity contribution in [1.29, 1.82) is 0 Å². The van der Waals surface area contributed by atoms with Gasteiger partial charge in [0.1, 0.15) is 17.2 Å². The predicted octanol–water partition coefficient (Wildman–Crippen LogP) is 3.47. The zero-order chi connectivity index (χ0) is 25.1. The van der Waals surface area contributed by atoms with Crippen molar-refractivity contribution in [3.63, 3.8) is 0 Å². The Morgan fingerprint density at radius 2 is 1.49 bits per heavy atom. The van der Waals surface area contributed by atoms with Crippen LogP contribution in [-0.4, -0.2) is 40.5 Å². The van der Waals surface area contributed by atoms with Gasteiger partial charge in [0.2, 0.25) is 20.0 Å². The number of rotatable bonds is 11.